The third-order valence-electron chi connectivity index (χ3n) is 4.01. The van der Waals surface area contributed by atoms with E-state index >= 15 is 0 Å². The van der Waals surface area contributed by atoms with Crippen molar-refractivity contribution in [2.24, 2.45) is 0 Å². The van der Waals surface area contributed by atoms with Gasteiger partial charge >= 0.3 is 6.18 Å². The molecule has 3 heterocycles. The summed E-state index contributed by atoms with van der Waals surface area (Å²) in [4.78, 5) is 3.56. The lowest BCUT2D eigenvalue weighted by Crippen LogP contribution is -2.42. The molecule has 0 amide bonds. The highest BCUT2D eigenvalue weighted by Crippen LogP contribution is 2.34. The van der Waals surface area contributed by atoms with Crippen LogP contribution in [0.1, 0.15) is 36.9 Å². The van der Waals surface area contributed by atoms with Crippen LogP contribution in [-0.4, -0.2) is 23.2 Å². The molecule has 3 atom stereocenters. The number of halogens is 3. The topological polar surface area (TPSA) is 57.9 Å². The number of nitriles is 1. The molecule has 0 aromatic carbocycles. The van der Waals surface area contributed by atoms with Gasteiger partial charge in [-0.15, -0.1) is 0 Å². The highest BCUT2D eigenvalue weighted by atomic mass is 19.4. The Morgan fingerprint density at radius 3 is 2.52 bits per heavy atom. The summed E-state index contributed by atoms with van der Waals surface area (Å²) in [6.07, 6.45) is 0.242. The fourth-order valence-corrected chi connectivity index (χ4v) is 3.11. The number of piperidine rings is 1. The number of hydrogen-bond acceptors (Lipinski definition) is 4. The van der Waals surface area contributed by atoms with Gasteiger partial charge in [-0.05, 0) is 31.7 Å². The molecule has 2 aliphatic heterocycles. The first kappa shape index (κ1) is 14.1. The summed E-state index contributed by atoms with van der Waals surface area (Å²) < 4.78 is 44.3. The zero-order valence-corrected chi connectivity index (χ0v) is 11.2. The predicted molar refractivity (Wildman–Crippen MR) is 67.5 cm³/mol. The fraction of sp³-hybridized carbons (Fsp3) is 0.571. The molecule has 2 saturated heterocycles. The van der Waals surface area contributed by atoms with Gasteiger partial charge in [0.1, 0.15) is 17.9 Å². The molecular formula is C14H14F3N3O. The summed E-state index contributed by atoms with van der Waals surface area (Å²) in [5.41, 5.74) is -1.67. The van der Waals surface area contributed by atoms with Gasteiger partial charge in [0.2, 0.25) is 0 Å². The summed E-state index contributed by atoms with van der Waals surface area (Å²) in [6, 6.07) is 3.11. The van der Waals surface area contributed by atoms with Crippen LogP contribution in [0.5, 0.6) is 5.75 Å². The number of ether oxygens (including phenoxy) is 1. The van der Waals surface area contributed by atoms with E-state index < -0.39 is 17.4 Å². The van der Waals surface area contributed by atoms with E-state index in [9.17, 15) is 13.2 Å². The number of aromatic nitrogens is 1. The summed E-state index contributed by atoms with van der Waals surface area (Å²) in [6.45, 7) is 0. The lowest BCUT2D eigenvalue weighted by atomic mass is 10.0. The number of pyridine rings is 1. The number of nitrogens with zero attached hydrogens (tertiary/aromatic N) is 2. The van der Waals surface area contributed by atoms with Crippen LogP contribution in [-0.2, 0) is 6.18 Å². The SMILES string of the molecule is N#Cc1ncc(OC2C[C@H]3CC[C@@H](C2)N3)cc1C(F)(F)F. The van der Waals surface area contributed by atoms with Crippen molar-refractivity contribution in [2.75, 3.05) is 0 Å². The van der Waals surface area contributed by atoms with Gasteiger partial charge in [-0.1, -0.05) is 0 Å². The molecule has 3 rings (SSSR count). The molecule has 1 N–H and O–H groups in total. The fourth-order valence-electron chi connectivity index (χ4n) is 3.11. The van der Waals surface area contributed by atoms with Crippen LogP contribution in [0.3, 0.4) is 0 Å². The first-order valence-electron chi connectivity index (χ1n) is 6.86. The number of rotatable bonds is 2. The van der Waals surface area contributed by atoms with E-state index in [-0.39, 0.29) is 11.9 Å². The molecule has 2 fully saturated rings. The van der Waals surface area contributed by atoms with Crippen molar-refractivity contribution < 1.29 is 17.9 Å². The van der Waals surface area contributed by atoms with Gasteiger partial charge in [0.05, 0.1) is 11.8 Å². The molecule has 2 aliphatic rings. The van der Waals surface area contributed by atoms with Crippen molar-refractivity contribution in [3.8, 4) is 11.8 Å². The van der Waals surface area contributed by atoms with Gasteiger partial charge in [-0.2, -0.15) is 18.4 Å². The van der Waals surface area contributed by atoms with Gasteiger partial charge in [0.25, 0.3) is 0 Å². The van der Waals surface area contributed by atoms with Crippen molar-refractivity contribution in [3.63, 3.8) is 0 Å². The van der Waals surface area contributed by atoms with Crippen molar-refractivity contribution in [1.29, 1.82) is 5.26 Å². The Bertz CT molecular complexity index is 570. The van der Waals surface area contributed by atoms with Crippen LogP contribution in [0.15, 0.2) is 12.3 Å². The Balaban J connectivity index is 1.79. The summed E-state index contributed by atoms with van der Waals surface area (Å²) >= 11 is 0. The maximum Gasteiger partial charge on any atom is 0.419 e. The molecule has 112 valence electrons. The molecule has 1 aromatic heterocycles. The monoisotopic (exact) mass is 297 g/mol. The van der Waals surface area contributed by atoms with E-state index in [1.54, 1.807) is 0 Å². The molecule has 0 aliphatic carbocycles. The van der Waals surface area contributed by atoms with Crippen LogP contribution in [0.25, 0.3) is 0 Å². The van der Waals surface area contributed by atoms with E-state index in [2.05, 4.69) is 10.3 Å². The Labute approximate surface area is 119 Å². The second-order valence-corrected chi connectivity index (χ2v) is 5.53. The second-order valence-electron chi connectivity index (χ2n) is 5.53. The van der Waals surface area contributed by atoms with Crippen molar-refractivity contribution in [1.82, 2.24) is 10.3 Å². The number of hydrogen-bond donors (Lipinski definition) is 1. The smallest absolute Gasteiger partial charge is 0.419 e. The standard InChI is InChI=1S/C14H14F3N3O/c15-14(16,17)12-5-11(7-19-13(12)6-18)21-10-3-8-1-2-9(4-10)20-8/h5,7-10,20H,1-4H2/t8-,9+,10?. The molecule has 0 spiro atoms. The van der Waals surface area contributed by atoms with Crippen LogP contribution in [0, 0.1) is 11.3 Å². The van der Waals surface area contributed by atoms with E-state index in [0.29, 0.717) is 12.1 Å². The van der Waals surface area contributed by atoms with E-state index in [4.69, 9.17) is 10.00 Å². The van der Waals surface area contributed by atoms with Crippen LogP contribution in [0.2, 0.25) is 0 Å². The molecule has 21 heavy (non-hydrogen) atoms. The van der Waals surface area contributed by atoms with Crippen LogP contribution in [0.4, 0.5) is 13.2 Å². The third kappa shape index (κ3) is 2.95. The maximum atomic E-state index is 12.9. The van der Waals surface area contributed by atoms with Crippen LogP contribution >= 0.6 is 0 Å². The van der Waals surface area contributed by atoms with E-state index in [1.807, 2.05) is 0 Å². The van der Waals surface area contributed by atoms with Crippen molar-refractivity contribution in [2.45, 2.75) is 50.0 Å². The van der Waals surface area contributed by atoms with Crippen molar-refractivity contribution >= 4 is 0 Å². The lowest BCUT2D eigenvalue weighted by molar-refractivity contribution is -0.138. The van der Waals surface area contributed by atoms with E-state index in [1.165, 1.54) is 12.3 Å². The Morgan fingerprint density at radius 2 is 1.95 bits per heavy atom. The average molecular weight is 297 g/mol. The van der Waals surface area contributed by atoms with Crippen molar-refractivity contribution in [3.05, 3.63) is 23.5 Å². The molecule has 4 nitrogen and oxygen atoms in total. The quantitative estimate of drug-likeness (QED) is 0.911. The number of fused-ring (bicyclic) bond motifs is 2. The van der Waals surface area contributed by atoms with E-state index in [0.717, 1.165) is 31.7 Å². The molecule has 2 bridgehead atoms. The Hall–Kier alpha value is -1.81. The zero-order valence-electron chi connectivity index (χ0n) is 11.2. The zero-order chi connectivity index (χ0) is 15.0. The van der Waals surface area contributed by atoms with Gasteiger partial charge in [-0.25, -0.2) is 4.98 Å². The Morgan fingerprint density at radius 1 is 1.29 bits per heavy atom. The molecule has 0 radical (unpaired) electrons. The molecule has 7 heteroatoms. The minimum Gasteiger partial charge on any atom is -0.489 e. The Kier molecular flexibility index (Phi) is 3.49. The molecular weight excluding hydrogens is 283 g/mol. The molecule has 1 unspecified atom stereocenters. The molecule has 1 aromatic rings. The third-order valence-corrected chi connectivity index (χ3v) is 4.01. The lowest BCUT2D eigenvalue weighted by Gasteiger charge is -2.29. The summed E-state index contributed by atoms with van der Waals surface area (Å²) in [5, 5.41) is 12.2. The number of alkyl halides is 3. The van der Waals surface area contributed by atoms with Gasteiger partial charge < -0.3 is 10.1 Å². The first-order valence-corrected chi connectivity index (χ1v) is 6.86. The van der Waals surface area contributed by atoms with Gasteiger partial charge in [0, 0.05) is 12.1 Å². The van der Waals surface area contributed by atoms with Gasteiger partial charge in [0.15, 0.2) is 5.69 Å². The second kappa shape index (κ2) is 5.19. The highest BCUT2D eigenvalue weighted by Gasteiger charge is 2.37. The normalized spacial score (nSPS) is 28.2. The molecule has 0 saturated carbocycles. The minimum atomic E-state index is -4.61. The first-order chi connectivity index (χ1) is 9.95. The average Bonchev–Trinajstić information content (AvgIpc) is 2.77. The number of nitrogens with one attached hydrogen (secondary N) is 1. The summed E-state index contributed by atoms with van der Waals surface area (Å²) in [7, 11) is 0. The summed E-state index contributed by atoms with van der Waals surface area (Å²) in [5.74, 6) is 0.0765. The minimum absolute atomic E-state index is 0.0765. The van der Waals surface area contributed by atoms with Crippen LogP contribution < -0.4 is 10.1 Å². The maximum absolute atomic E-state index is 12.9. The largest absolute Gasteiger partial charge is 0.489 e. The predicted octanol–water partition coefficient (Wildman–Crippen LogP) is 2.63. The van der Waals surface area contributed by atoms with Gasteiger partial charge in [-0.3, -0.25) is 0 Å². The highest BCUT2D eigenvalue weighted by molar-refractivity contribution is 5.38.